The minimum Gasteiger partial charge on any atom is -0.482 e. The highest BCUT2D eigenvalue weighted by Crippen LogP contribution is 2.29. The number of amides is 3. The van der Waals surface area contributed by atoms with E-state index in [-0.39, 0.29) is 24.3 Å². The highest BCUT2D eigenvalue weighted by molar-refractivity contribution is 6.05. The van der Waals surface area contributed by atoms with Gasteiger partial charge >= 0.3 is 0 Å². The Hall–Kier alpha value is -3.35. The number of nitrogens with zero attached hydrogens (tertiary/aromatic N) is 1. The van der Waals surface area contributed by atoms with E-state index in [2.05, 4.69) is 10.6 Å². The lowest BCUT2D eigenvalue weighted by atomic mass is 10.1. The van der Waals surface area contributed by atoms with Gasteiger partial charge in [-0.05, 0) is 48.7 Å². The Bertz CT molecular complexity index is 941. The number of rotatable bonds is 4. The molecule has 1 fully saturated rings. The summed E-state index contributed by atoms with van der Waals surface area (Å²) in [5.41, 5.74) is 2.64. The van der Waals surface area contributed by atoms with Gasteiger partial charge in [-0.3, -0.25) is 14.4 Å². The average Bonchev–Trinajstić information content (AvgIpc) is 2.69. The zero-order chi connectivity index (χ0) is 19.5. The molecule has 1 saturated heterocycles. The molecule has 0 aliphatic carbocycles. The molecule has 0 unspecified atom stereocenters. The topological polar surface area (TPSA) is 87.7 Å². The normalized spacial score (nSPS) is 16.1. The Morgan fingerprint density at radius 2 is 2.04 bits per heavy atom. The second kappa shape index (κ2) is 7.72. The number of likely N-dealkylation sites (tertiary alicyclic amines) is 1. The Kier molecular flexibility index (Phi) is 4.97. The molecule has 2 heterocycles. The number of anilines is 2. The monoisotopic (exact) mass is 379 g/mol. The molecule has 0 radical (unpaired) electrons. The molecule has 7 nitrogen and oxygen atoms in total. The zero-order valence-corrected chi connectivity index (χ0v) is 15.4. The van der Waals surface area contributed by atoms with Crippen molar-refractivity contribution in [1.29, 1.82) is 0 Å². The van der Waals surface area contributed by atoms with Gasteiger partial charge < -0.3 is 20.3 Å². The molecule has 3 amide bonds. The van der Waals surface area contributed by atoms with Crippen molar-refractivity contribution in [3.8, 4) is 5.75 Å². The predicted octanol–water partition coefficient (Wildman–Crippen LogP) is 2.78. The van der Waals surface area contributed by atoms with Gasteiger partial charge in [-0.1, -0.05) is 12.1 Å². The van der Waals surface area contributed by atoms with Crippen LogP contribution in [0.1, 0.15) is 35.2 Å². The highest BCUT2D eigenvalue weighted by Gasteiger charge is 2.19. The smallest absolute Gasteiger partial charge is 0.262 e. The molecule has 4 rings (SSSR count). The molecule has 144 valence electrons. The van der Waals surface area contributed by atoms with E-state index in [0.717, 1.165) is 24.9 Å². The van der Waals surface area contributed by atoms with Crippen LogP contribution in [0.15, 0.2) is 42.5 Å². The summed E-state index contributed by atoms with van der Waals surface area (Å²) in [5.74, 6) is 0.176. The molecule has 0 spiro atoms. The first kappa shape index (κ1) is 18.0. The maximum absolute atomic E-state index is 12.6. The molecular weight excluding hydrogens is 358 g/mol. The third-order valence-electron chi connectivity index (χ3n) is 4.86. The van der Waals surface area contributed by atoms with Gasteiger partial charge in [0.1, 0.15) is 5.75 Å². The second-order valence-electron chi connectivity index (χ2n) is 6.97. The van der Waals surface area contributed by atoms with E-state index in [0.29, 0.717) is 35.7 Å². The van der Waals surface area contributed by atoms with E-state index in [1.807, 2.05) is 29.2 Å². The van der Waals surface area contributed by atoms with Crippen LogP contribution in [0.4, 0.5) is 11.4 Å². The number of hydrogen-bond donors (Lipinski definition) is 2. The van der Waals surface area contributed by atoms with Gasteiger partial charge in [-0.15, -0.1) is 0 Å². The van der Waals surface area contributed by atoms with Crippen LogP contribution in [0, 0.1) is 0 Å². The predicted molar refractivity (Wildman–Crippen MR) is 104 cm³/mol. The minimum absolute atomic E-state index is 0.0602. The quantitative estimate of drug-likeness (QED) is 0.855. The van der Waals surface area contributed by atoms with E-state index in [4.69, 9.17) is 4.74 Å². The van der Waals surface area contributed by atoms with Crippen molar-refractivity contribution >= 4 is 29.1 Å². The van der Waals surface area contributed by atoms with E-state index >= 15 is 0 Å². The first-order valence-corrected chi connectivity index (χ1v) is 9.33. The van der Waals surface area contributed by atoms with Crippen LogP contribution in [-0.4, -0.2) is 35.8 Å². The number of nitrogens with one attached hydrogen (secondary N) is 2. The number of fused-ring (bicyclic) bond motifs is 1. The van der Waals surface area contributed by atoms with E-state index in [1.165, 1.54) is 0 Å². The van der Waals surface area contributed by atoms with E-state index in [1.54, 1.807) is 18.2 Å². The van der Waals surface area contributed by atoms with Gasteiger partial charge in [0.2, 0.25) is 5.91 Å². The van der Waals surface area contributed by atoms with Crippen molar-refractivity contribution in [3.05, 3.63) is 53.6 Å². The first-order chi connectivity index (χ1) is 13.6. The summed E-state index contributed by atoms with van der Waals surface area (Å²) in [5, 5.41) is 5.58. The third kappa shape index (κ3) is 3.98. The fourth-order valence-electron chi connectivity index (χ4n) is 3.42. The van der Waals surface area contributed by atoms with E-state index < -0.39 is 0 Å². The van der Waals surface area contributed by atoms with Crippen molar-refractivity contribution in [2.75, 3.05) is 23.8 Å². The number of benzene rings is 2. The summed E-state index contributed by atoms with van der Waals surface area (Å²) < 4.78 is 5.36. The fraction of sp³-hybridized carbons (Fsp3) is 0.286. The molecule has 28 heavy (non-hydrogen) atoms. The Labute approximate surface area is 162 Å². The number of piperidine rings is 1. The van der Waals surface area contributed by atoms with Gasteiger partial charge in [0.15, 0.2) is 6.61 Å². The minimum atomic E-state index is -0.269. The standard InChI is InChI=1S/C21H21N3O4/c25-19-13-28-18-11-15(7-8-17(18)23-19)21(27)22-16-5-3-4-14(10-16)12-24-9-2-1-6-20(24)26/h3-5,7-8,10-11H,1-2,6,9,12-13H2,(H,22,27)(H,23,25). The SMILES string of the molecule is O=C1COc2cc(C(=O)Nc3cccc(CN4CCCCC4=O)c3)ccc2N1. The molecule has 0 bridgehead atoms. The van der Waals surface area contributed by atoms with Gasteiger partial charge in [-0.25, -0.2) is 0 Å². The van der Waals surface area contributed by atoms with Gasteiger partial charge in [0.25, 0.3) is 11.8 Å². The summed E-state index contributed by atoms with van der Waals surface area (Å²) in [6, 6.07) is 12.4. The van der Waals surface area contributed by atoms with Crippen molar-refractivity contribution in [2.24, 2.45) is 0 Å². The Morgan fingerprint density at radius 3 is 2.89 bits per heavy atom. The number of hydrogen-bond acceptors (Lipinski definition) is 4. The molecule has 7 heteroatoms. The summed E-state index contributed by atoms with van der Waals surface area (Å²) in [6.45, 7) is 1.27. The van der Waals surface area contributed by atoms with Crippen molar-refractivity contribution in [1.82, 2.24) is 4.90 Å². The van der Waals surface area contributed by atoms with E-state index in [9.17, 15) is 14.4 Å². The third-order valence-corrected chi connectivity index (χ3v) is 4.86. The van der Waals surface area contributed by atoms with Crippen LogP contribution in [-0.2, 0) is 16.1 Å². The maximum atomic E-state index is 12.6. The molecule has 2 N–H and O–H groups in total. The van der Waals surface area contributed by atoms with Crippen LogP contribution in [0.3, 0.4) is 0 Å². The molecule has 2 aromatic carbocycles. The van der Waals surface area contributed by atoms with Gasteiger partial charge in [-0.2, -0.15) is 0 Å². The summed E-state index contributed by atoms with van der Waals surface area (Å²) in [4.78, 5) is 37.8. The van der Waals surface area contributed by atoms with Gasteiger partial charge in [0, 0.05) is 30.8 Å². The fourth-order valence-corrected chi connectivity index (χ4v) is 3.42. The second-order valence-corrected chi connectivity index (χ2v) is 6.97. The van der Waals surface area contributed by atoms with Crippen molar-refractivity contribution < 1.29 is 19.1 Å². The largest absolute Gasteiger partial charge is 0.482 e. The van der Waals surface area contributed by atoms with Crippen molar-refractivity contribution in [2.45, 2.75) is 25.8 Å². The summed E-state index contributed by atoms with van der Waals surface area (Å²) in [6.07, 6.45) is 2.60. The van der Waals surface area contributed by atoms with Crippen LogP contribution >= 0.6 is 0 Å². The lowest BCUT2D eigenvalue weighted by molar-refractivity contribution is -0.133. The maximum Gasteiger partial charge on any atom is 0.262 e. The molecule has 2 aliphatic rings. The zero-order valence-electron chi connectivity index (χ0n) is 15.4. The molecular formula is C21H21N3O4. The molecule has 0 aromatic heterocycles. The summed E-state index contributed by atoms with van der Waals surface area (Å²) >= 11 is 0. The van der Waals surface area contributed by atoms with Gasteiger partial charge in [0.05, 0.1) is 5.69 Å². The number of carbonyl (C=O) groups excluding carboxylic acids is 3. The van der Waals surface area contributed by atoms with Crippen LogP contribution in [0.5, 0.6) is 5.75 Å². The summed E-state index contributed by atoms with van der Waals surface area (Å²) in [7, 11) is 0. The van der Waals surface area contributed by atoms with Crippen LogP contribution in [0.2, 0.25) is 0 Å². The lowest BCUT2D eigenvalue weighted by Gasteiger charge is -2.26. The molecule has 2 aliphatic heterocycles. The van der Waals surface area contributed by atoms with Crippen molar-refractivity contribution in [3.63, 3.8) is 0 Å². The Morgan fingerprint density at radius 1 is 1.14 bits per heavy atom. The average molecular weight is 379 g/mol. The number of ether oxygens (including phenoxy) is 1. The lowest BCUT2D eigenvalue weighted by Crippen LogP contribution is -2.34. The molecule has 0 saturated carbocycles. The Balaban J connectivity index is 1.45. The van der Waals surface area contributed by atoms with Crippen LogP contribution < -0.4 is 15.4 Å². The molecule has 0 atom stereocenters. The highest BCUT2D eigenvalue weighted by atomic mass is 16.5. The van der Waals surface area contributed by atoms with Crippen LogP contribution in [0.25, 0.3) is 0 Å². The molecule has 2 aromatic rings. The number of carbonyl (C=O) groups is 3. The first-order valence-electron chi connectivity index (χ1n) is 9.33.